The topological polar surface area (TPSA) is 107 Å². The number of aromatic nitrogens is 1. The minimum Gasteiger partial charge on any atom is -0.492 e. The summed E-state index contributed by atoms with van der Waals surface area (Å²) in [6, 6.07) is 16.1. The number of ether oxygens (including phenoxy) is 2. The molecule has 8 nitrogen and oxygen atoms in total. The molecule has 3 heterocycles. The van der Waals surface area contributed by atoms with Crippen LogP contribution >= 0.6 is 0 Å². The number of ketones is 1. The predicted molar refractivity (Wildman–Crippen MR) is 124 cm³/mol. The number of fused-ring (bicyclic) bond motifs is 2. The summed E-state index contributed by atoms with van der Waals surface area (Å²) in [5, 5.41) is 5.50. The van der Waals surface area contributed by atoms with Crippen molar-refractivity contribution in [2.75, 3.05) is 18.5 Å². The van der Waals surface area contributed by atoms with Gasteiger partial charge >= 0.3 is 0 Å². The molecular formula is C26H23N3O5. The Labute approximate surface area is 196 Å². The lowest BCUT2D eigenvalue weighted by atomic mass is 9.95. The van der Waals surface area contributed by atoms with Gasteiger partial charge in [-0.05, 0) is 42.7 Å². The van der Waals surface area contributed by atoms with Crippen molar-refractivity contribution < 1.29 is 23.9 Å². The Morgan fingerprint density at radius 2 is 1.97 bits per heavy atom. The molecule has 172 valence electrons. The first-order valence-electron chi connectivity index (χ1n) is 11.1. The third-order valence-electron chi connectivity index (χ3n) is 5.93. The van der Waals surface area contributed by atoms with Crippen molar-refractivity contribution >= 4 is 23.4 Å². The number of pyridine rings is 1. The van der Waals surface area contributed by atoms with Gasteiger partial charge in [-0.15, -0.1) is 0 Å². The zero-order chi connectivity index (χ0) is 23.5. The maximum Gasteiger partial charge on any atom is 0.227 e. The Morgan fingerprint density at radius 3 is 2.82 bits per heavy atom. The van der Waals surface area contributed by atoms with E-state index in [1.807, 2.05) is 24.3 Å². The fraction of sp³-hybridized carbons (Fsp3) is 0.231. The number of amides is 2. The first-order valence-corrected chi connectivity index (χ1v) is 11.1. The summed E-state index contributed by atoms with van der Waals surface area (Å²) in [4.78, 5) is 40.8. The molecule has 2 aliphatic heterocycles. The fourth-order valence-corrected chi connectivity index (χ4v) is 4.12. The van der Waals surface area contributed by atoms with Crippen molar-refractivity contribution in [3.8, 4) is 17.2 Å². The van der Waals surface area contributed by atoms with E-state index < -0.39 is 5.92 Å². The summed E-state index contributed by atoms with van der Waals surface area (Å²) in [6.45, 7) is 0.190. The highest BCUT2D eigenvalue weighted by atomic mass is 16.5. The van der Waals surface area contributed by atoms with Crippen molar-refractivity contribution in [2.45, 2.75) is 19.3 Å². The monoisotopic (exact) mass is 457 g/mol. The molecule has 0 bridgehead atoms. The first-order chi connectivity index (χ1) is 16.6. The predicted octanol–water partition coefficient (Wildman–Crippen LogP) is 3.31. The van der Waals surface area contributed by atoms with Crippen LogP contribution in [-0.2, 0) is 22.4 Å². The molecule has 34 heavy (non-hydrogen) atoms. The lowest BCUT2D eigenvalue weighted by Gasteiger charge is -2.25. The summed E-state index contributed by atoms with van der Waals surface area (Å²) in [5.41, 5.74) is 2.28. The van der Waals surface area contributed by atoms with Crippen LogP contribution in [0.2, 0.25) is 0 Å². The zero-order valence-corrected chi connectivity index (χ0v) is 18.4. The largest absolute Gasteiger partial charge is 0.492 e. The van der Waals surface area contributed by atoms with E-state index >= 15 is 0 Å². The summed E-state index contributed by atoms with van der Waals surface area (Å²) in [7, 11) is 0. The third kappa shape index (κ3) is 4.61. The normalized spacial score (nSPS) is 16.4. The van der Waals surface area contributed by atoms with Crippen LogP contribution in [0.25, 0.3) is 0 Å². The van der Waals surface area contributed by atoms with Gasteiger partial charge < -0.3 is 20.1 Å². The van der Waals surface area contributed by atoms with Gasteiger partial charge in [0.25, 0.3) is 0 Å². The Morgan fingerprint density at radius 1 is 1.12 bits per heavy atom. The lowest BCUT2D eigenvalue weighted by molar-refractivity contribution is -0.126. The van der Waals surface area contributed by atoms with E-state index in [0.29, 0.717) is 47.9 Å². The van der Waals surface area contributed by atoms with Crippen LogP contribution in [0.3, 0.4) is 0 Å². The standard InChI is InChI=1S/C26H23N3O5/c30-21(16-4-2-1-3-5-16)14-28-26(32)18-12-17-13-19(6-8-22(17)33-15-18)34-23-10-11-27-25-20(23)7-9-24(31)29-25/h1-6,8,10-11,13,18H,7,9,12,14-15H2,(H,28,32)(H,27,29,31). The summed E-state index contributed by atoms with van der Waals surface area (Å²) >= 11 is 0. The third-order valence-corrected chi connectivity index (χ3v) is 5.93. The van der Waals surface area contributed by atoms with Crippen molar-refractivity contribution in [2.24, 2.45) is 5.92 Å². The molecule has 1 aromatic heterocycles. The Hall–Kier alpha value is -4.20. The molecule has 2 amide bonds. The van der Waals surface area contributed by atoms with Gasteiger partial charge in [-0.2, -0.15) is 0 Å². The van der Waals surface area contributed by atoms with E-state index in [4.69, 9.17) is 9.47 Å². The van der Waals surface area contributed by atoms with Gasteiger partial charge in [-0.3, -0.25) is 14.4 Å². The Bertz CT molecular complexity index is 1260. The number of anilines is 1. The molecule has 0 fully saturated rings. The number of hydrogen-bond donors (Lipinski definition) is 2. The van der Waals surface area contributed by atoms with Gasteiger partial charge in [-0.25, -0.2) is 4.98 Å². The number of carbonyl (C=O) groups is 3. The van der Waals surface area contributed by atoms with Crippen LogP contribution < -0.4 is 20.1 Å². The van der Waals surface area contributed by atoms with Crippen LogP contribution in [0.15, 0.2) is 60.8 Å². The fourth-order valence-electron chi connectivity index (χ4n) is 4.12. The molecule has 1 unspecified atom stereocenters. The number of carbonyl (C=O) groups excluding carboxylic acids is 3. The number of nitrogens with zero attached hydrogens (tertiary/aromatic N) is 1. The number of benzene rings is 2. The summed E-state index contributed by atoms with van der Waals surface area (Å²) in [5.74, 6) is 1.65. The van der Waals surface area contributed by atoms with Crippen LogP contribution in [-0.4, -0.2) is 35.7 Å². The number of Topliss-reactive ketones (excluding diaryl/α,β-unsaturated/α-hetero) is 1. The minimum atomic E-state index is -0.407. The Kier molecular flexibility index (Phi) is 5.95. The number of rotatable bonds is 6. The van der Waals surface area contributed by atoms with E-state index in [-0.39, 0.29) is 30.7 Å². The molecule has 8 heteroatoms. The van der Waals surface area contributed by atoms with Gasteiger partial charge in [-0.1, -0.05) is 30.3 Å². The maximum absolute atomic E-state index is 12.7. The van der Waals surface area contributed by atoms with Gasteiger partial charge in [0, 0.05) is 23.7 Å². The molecule has 0 saturated heterocycles. The highest BCUT2D eigenvalue weighted by molar-refractivity contribution is 5.99. The van der Waals surface area contributed by atoms with E-state index in [1.165, 1.54) is 0 Å². The maximum atomic E-state index is 12.7. The molecule has 0 spiro atoms. The van der Waals surface area contributed by atoms with Crippen molar-refractivity contribution in [1.29, 1.82) is 0 Å². The zero-order valence-electron chi connectivity index (χ0n) is 18.4. The van der Waals surface area contributed by atoms with E-state index in [9.17, 15) is 14.4 Å². The van der Waals surface area contributed by atoms with Crippen LogP contribution in [0.1, 0.15) is 27.9 Å². The van der Waals surface area contributed by atoms with Crippen LogP contribution in [0, 0.1) is 5.92 Å². The van der Waals surface area contributed by atoms with Gasteiger partial charge in [0.15, 0.2) is 5.78 Å². The molecule has 5 rings (SSSR count). The molecule has 2 N–H and O–H groups in total. The molecule has 0 saturated carbocycles. The van der Waals surface area contributed by atoms with Crippen LogP contribution in [0.5, 0.6) is 17.2 Å². The molecule has 0 aliphatic carbocycles. The quantitative estimate of drug-likeness (QED) is 0.550. The second-order valence-electron chi connectivity index (χ2n) is 8.28. The molecule has 3 aromatic rings. The average Bonchev–Trinajstić information content (AvgIpc) is 2.87. The van der Waals surface area contributed by atoms with E-state index in [2.05, 4.69) is 15.6 Å². The molecule has 2 aromatic carbocycles. The molecule has 1 atom stereocenters. The smallest absolute Gasteiger partial charge is 0.227 e. The SMILES string of the molecule is O=C1CCc2c(Oc3ccc4c(c3)CC(C(=O)NCC(=O)c3ccccc3)CO4)ccnc2N1. The molecular weight excluding hydrogens is 434 g/mol. The van der Waals surface area contributed by atoms with Crippen molar-refractivity contribution in [3.05, 3.63) is 77.5 Å². The second-order valence-corrected chi connectivity index (χ2v) is 8.28. The average molecular weight is 457 g/mol. The number of nitrogens with one attached hydrogen (secondary N) is 2. The first kappa shape index (κ1) is 21.6. The highest BCUT2D eigenvalue weighted by Gasteiger charge is 2.27. The lowest BCUT2D eigenvalue weighted by Crippen LogP contribution is -2.39. The highest BCUT2D eigenvalue weighted by Crippen LogP contribution is 2.36. The van der Waals surface area contributed by atoms with E-state index in [0.717, 1.165) is 11.1 Å². The number of hydrogen-bond acceptors (Lipinski definition) is 6. The van der Waals surface area contributed by atoms with Gasteiger partial charge in [0.05, 0.1) is 12.5 Å². The van der Waals surface area contributed by atoms with Crippen molar-refractivity contribution in [1.82, 2.24) is 10.3 Å². The molecule has 2 aliphatic rings. The van der Waals surface area contributed by atoms with Gasteiger partial charge in [0.2, 0.25) is 11.8 Å². The van der Waals surface area contributed by atoms with Crippen LogP contribution in [0.4, 0.5) is 5.82 Å². The summed E-state index contributed by atoms with van der Waals surface area (Å²) in [6.07, 6.45) is 3.01. The molecule has 0 radical (unpaired) electrons. The minimum absolute atomic E-state index is 0.0565. The van der Waals surface area contributed by atoms with Crippen molar-refractivity contribution in [3.63, 3.8) is 0 Å². The summed E-state index contributed by atoms with van der Waals surface area (Å²) < 4.78 is 11.9. The van der Waals surface area contributed by atoms with Gasteiger partial charge in [0.1, 0.15) is 29.7 Å². The second kappa shape index (κ2) is 9.35. The Balaban J connectivity index is 1.25. The van der Waals surface area contributed by atoms with E-state index in [1.54, 1.807) is 36.5 Å².